The van der Waals surface area contributed by atoms with Crippen molar-refractivity contribution in [2.45, 2.75) is 63.4 Å². The lowest BCUT2D eigenvalue weighted by molar-refractivity contribution is -0.140. The molecule has 3 aliphatic rings. The van der Waals surface area contributed by atoms with E-state index < -0.39 is 12.1 Å². The third-order valence-corrected chi connectivity index (χ3v) is 7.57. The van der Waals surface area contributed by atoms with Crippen LogP contribution in [0.5, 0.6) is 5.75 Å². The third kappa shape index (κ3) is 5.61. The average molecular weight is 549 g/mol. The molecule has 1 saturated carbocycles. The van der Waals surface area contributed by atoms with Gasteiger partial charge in [0.15, 0.2) is 6.29 Å². The SMILES string of the molecule is CO[C@@H]1CC[C@@H]1Oc1cc(NC(=O)N2CCCc3cc(CN(C)C(=O)[C@H]4CCCO4)c(C=O)nc32)ncc1C#N. The number of ether oxygens (including phenoxy) is 3. The van der Waals surface area contributed by atoms with Crippen LogP contribution in [0.1, 0.15) is 59.3 Å². The van der Waals surface area contributed by atoms with Gasteiger partial charge in [0.2, 0.25) is 0 Å². The smallest absolute Gasteiger partial charge is 0.328 e. The molecule has 3 atom stereocenters. The number of hydrogen-bond donors (Lipinski definition) is 1. The number of nitrogens with zero attached hydrogens (tertiary/aromatic N) is 5. The first-order valence-electron chi connectivity index (χ1n) is 13.4. The van der Waals surface area contributed by atoms with Crippen molar-refractivity contribution in [2.75, 3.05) is 37.5 Å². The van der Waals surface area contributed by atoms with Crippen LogP contribution >= 0.6 is 0 Å². The lowest BCUT2D eigenvalue weighted by atomic mass is 9.92. The number of aryl methyl sites for hydroxylation is 1. The minimum Gasteiger partial charge on any atom is -0.486 e. The first kappa shape index (κ1) is 27.5. The third-order valence-electron chi connectivity index (χ3n) is 7.57. The Morgan fingerprint density at radius 3 is 2.77 bits per heavy atom. The molecule has 2 aromatic heterocycles. The van der Waals surface area contributed by atoms with Crippen LogP contribution in [0.4, 0.5) is 16.4 Å². The standard InChI is InChI=1S/C28H32N6O6/c1-33(27(36)23-6-4-10-39-23)15-18-11-17-5-3-9-34(26(17)31-20(18)16-35)28(37)32-25-12-24(19(13-29)14-30-25)40-22-8-7-21(22)38-2/h11-12,14,16,21-23H,3-10,15H2,1-2H3,(H,30,32,37)/t21-,22+,23-/m1/s1. The van der Waals surface area contributed by atoms with Crippen molar-refractivity contribution in [3.63, 3.8) is 0 Å². The molecule has 3 amide bonds. The zero-order valence-corrected chi connectivity index (χ0v) is 22.6. The number of rotatable bonds is 8. The summed E-state index contributed by atoms with van der Waals surface area (Å²) >= 11 is 0. The van der Waals surface area contributed by atoms with Crippen LogP contribution in [0.3, 0.4) is 0 Å². The van der Waals surface area contributed by atoms with Gasteiger partial charge < -0.3 is 19.1 Å². The number of pyridine rings is 2. The van der Waals surface area contributed by atoms with E-state index in [-0.39, 0.29) is 41.7 Å². The Kier molecular flexibility index (Phi) is 8.23. The maximum atomic E-state index is 13.3. The predicted molar refractivity (Wildman–Crippen MR) is 143 cm³/mol. The molecule has 2 aromatic rings. The minimum atomic E-state index is -0.467. The van der Waals surface area contributed by atoms with Gasteiger partial charge in [-0.2, -0.15) is 5.26 Å². The Balaban J connectivity index is 1.32. The van der Waals surface area contributed by atoms with Crippen molar-refractivity contribution in [3.05, 3.63) is 40.7 Å². The summed E-state index contributed by atoms with van der Waals surface area (Å²) in [7, 11) is 3.30. The number of carbonyl (C=O) groups excluding carboxylic acids is 3. The van der Waals surface area contributed by atoms with Crippen LogP contribution in [0.25, 0.3) is 0 Å². The van der Waals surface area contributed by atoms with Gasteiger partial charge in [0.05, 0.1) is 12.3 Å². The number of anilines is 2. The zero-order chi connectivity index (χ0) is 28.2. The molecule has 2 fully saturated rings. The fourth-order valence-corrected chi connectivity index (χ4v) is 5.21. The monoisotopic (exact) mass is 548 g/mol. The van der Waals surface area contributed by atoms with Gasteiger partial charge in [0.25, 0.3) is 5.91 Å². The van der Waals surface area contributed by atoms with Gasteiger partial charge in [-0.25, -0.2) is 14.8 Å². The molecule has 5 rings (SSSR count). The van der Waals surface area contributed by atoms with Crippen molar-refractivity contribution in [1.82, 2.24) is 14.9 Å². The fourth-order valence-electron chi connectivity index (χ4n) is 5.21. The first-order valence-corrected chi connectivity index (χ1v) is 13.4. The topological polar surface area (TPSA) is 147 Å². The molecule has 0 radical (unpaired) electrons. The number of nitrogens with one attached hydrogen (secondary N) is 1. The van der Waals surface area contributed by atoms with Gasteiger partial charge in [0.1, 0.15) is 46.9 Å². The second-order valence-electron chi connectivity index (χ2n) is 10.2. The minimum absolute atomic E-state index is 0.0421. The maximum absolute atomic E-state index is 13.3. The van der Waals surface area contributed by atoms with Gasteiger partial charge in [0, 0.05) is 45.5 Å². The van der Waals surface area contributed by atoms with E-state index in [4.69, 9.17) is 14.2 Å². The summed E-state index contributed by atoms with van der Waals surface area (Å²) in [5.41, 5.74) is 1.86. The first-order chi connectivity index (χ1) is 19.4. The van der Waals surface area contributed by atoms with E-state index in [2.05, 4.69) is 21.4 Å². The van der Waals surface area contributed by atoms with Crippen molar-refractivity contribution in [1.29, 1.82) is 5.26 Å². The van der Waals surface area contributed by atoms with E-state index in [1.807, 2.05) is 6.07 Å². The van der Waals surface area contributed by atoms with Gasteiger partial charge in [-0.05, 0) is 50.2 Å². The highest BCUT2D eigenvalue weighted by molar-refractivity contribution is 6.01. The fraction of sp³-hybridized carbons (Fsp3) is 0.500. The molecule has 0 spiro atoms. The summed E-state index contributed by atoms with van der Waals surface area (Å²) in [5.74, 6) is 0.818. The van der Waals surface area contributed by atoms with Crippen LogP contribution < -0.4 is 15.0 Å². The highest BCUT2D eigenvalue weighted by Crippen LogP contribution is 2.32. The van der Waals surface area contributed by atoms with E-state index in [1.54, 1.807) is 19.1 Å². The summed E-state index contributed by atoms with van der Waals surface area (Å²) in [6.07, 6.45) is 5.94. The molecule has 12 heteroatoms. The molecular weight excluding hydrogens is 516 g/mol. The summed E-state index contributed by atoms with van der Waals surface area (Å²) in [6.45, 7) is 1.18. The average Bonchev–Trinajstić information content (AvgIpc) is 3.49. The van der Waals surface area contributed by atoms with E-state index >= 15 is 0 Å². The molecule has 12 nitrogen and oxygen atoms in total. The van der Waals surface area contributed by atoms with Gasteiger partial charge in [-0.3, -0.25) is 19.8 Å². The van der Waals surface area contributed by atoms with Crippen molar-refractivity contribution in [3.8, 4) is 11.8 Å². The Morgan fingerprint density at radius 1 is 1.27 bits per heavy atom. The van der Waals surface area contributed by atoms with Crippen LogP contribution in [0.2, 0.25) is 0 Å². The van der Waals surface area contributed by atoms with Gasteiger partial charge in [-0.15, -0.1) is 0 Å². The molecule has 1 saturated heterocycles. The largest absolute Gasteiger partial charge is 0.486 e. The van der Waals surface area contributed by atoms with Crippen molar-refractivity contribution >= 4 is 29.9 Å². The van der Waals surface area contributed by atoms with Gasteiger partial charge in [-0.1, -0.05) is 0 Å². The van der Waals surface area contributed by atoms with Crippen LogP contribution in [0.15, 0.2) is 18.3 Å². The summed E-state index contributed by atoms with van der Waals surface area (Å²) in [6, 6.07) is 4.98. The summed E-state index contributed by atoms with van der Waals surface area (Å²) in [5, 5.41) is 12.3. The summed E-state index contributed by atoms with van der Waals surface area (Å²) < 4.78 is 16.9. The maximum Gasteiger partial charge on any atom is 0.328 e. The molecular formula is C28H32N6O6. The number of urea groups is 1. The molecule has 4 heterocycles. The molecule has 0 bridgehead atoms. The zero-order valence-electron chi connectivity index (χ0n) is 22.6. The molecule has 0 aromatic carbocycles. The van der Waals surface area contributed by atoms with Crippen molar-refractivity contribution in [2.24, 2.45) is 0 Å². The Morgan fingerprint density at radius 2 is 2.10 bits per heavy atom. The molecule has 40 heavy (non-hydrogen) atoms. The molecule has 210 valence electrons. The quantitative estimate of drug-likeness (QED) is 0.492. The predicted octanol–water partition coefficient (Wildman–Crippen LogP) is 2.84. The number of methoxy groups -OCH3 is 1. The second-order valence-corrected chi connectivity index (χ2v) is 10.2. The second kappa shape index (κ2) is 12.0. The number of nitriles is 1. The molecule has 1 aliphatic carbocycles. The summed E-state index contributed by atoms with van der Waals surface area (Å²) in [4.78, 5) is 49.8. The Labute approximate surface area is 232 Å². The molecule has 0 unspecified atom stereocenters. The molecule has 2 aliphatic heterocycles. The van der Waals surface area contributed by atoms with Crippen molar-refractivity contribution < 1.29 is 28.6 Å². The molecule has 1 N–H and O–H groups in total. The number of aldehydes is 1. The normalized spacial score (nSPS) is 21.5. The number of aromatic nitrogens is 2. The lowest BCUT2D eigenvalue weighted by Crippen LogP contribution is -2.42. The van der Waals surface area contributed by atoms with E-state index in [0.29, 0.717) is 55.8 Å². The van der Waals surface area contributed by atoms with E-state index in [9.17, 15) is 19.6 Å². The van der Waals surface area contributed by atoms with Crippen LogP contribution in [-0.2, 0) is 27.2 Å². The van der Waals surface area contributed by atoms with E-state index in [1.165, 1.54) is 17.2 Å². The van der Waals surface area contributed by atoms with Crippen LogP contribution in [0, 0.1) is 11.3 Å². The van der Waals surface area contributed by atoms with E-state index in [0.717, 1.165) is 24.8 Å². The number of hydrogen-bond acceptors (Lipinski definition) is 9. The number of fused-ring (bicyclic) bond motifs is 1. The Bertz CT molecular complexity index is 1340. The number of amides is 3. The lowest BCUT2D eigenvalue weighted by Gasteiger charge is -2.35. The Hall–Kier alpha value is -4.08. The number of likely N-dealkylation sites (N-methyl/N-ethyl adjacent to an activating group) is 1. The van der Waals surface area contributed by atoms with Crippen LogP contribution in [-0.4, -0.2) is 78.7 Å². The van der Waals surface area contributed by atoms with Gasteiger partial charge >= 0.3 is 6.03 Å². The highest BCUT2D eigenvalue weighted by atomic mass is 16.5. The number of carbonyl (C=O) groups is 3. The highest BCUT2D eigenvalue weighted by Gasteiger charge is 2.34.